The van der Waals surface area contributed by atoms with E-state index in [1.165, 1.54) is 0 Å². The van der Waals surface area contributed by atoms with Crippen LogP contribution in [-0.4, -0.2) is 59.6 Å². The van der Waals surface area contributed by atoms with Gasteiger partial charge in [-0.15, -0.1) is 0 Å². The van der Waals surface area contributed by atoms with Crippen LogP contribution in [-0.2, 0) is 17.6 Å². The molecule has 3 aliphatic heterocycles. The van der Waals surface area contributed by atoms with E-state index in [9.17, 15) is 20.4 Å². The molecule has 5 atom stereocenters. The third kappa shape index (κ3) is 6.77. The van der Waals surface area contributed by atoms with E-state index >= 15 is 0 Å². The maximum atomic E-state index is 12.4. The predicted molar refractivity (Wildman–Crippen MR) is 196 cm³/mol. The van der Waals surface area contributed by atoms with Gasteiger partial charge in [-0.2, -0.15) is 0 Å². The molecule has 0 bridgehead atoms. The summed E-state index contributed by atoms with van der Waals surface area (Å²) in [5.41, 5.74) is 5.70. The van der Waals surface area contributed by atoms with E-state index in [1.807, 2.05) is 36.4 Å². The van der Waals surface area contributed by atoms with Crippen molar-refractivity contribution < 1.29 is 44.1 Å². The highest BCUT2D eigenvalue weighted by molar-refractivity contribution is 5.70. The van der Waals surface area contributed by atoms with Gasteiger partial charge >= 0.3 is 0 Å². The SMILES string of the molecule is COCCC[C@@H]1Oc2ccc3c(c2[C@H](O)[C@@H]1[C@@H]1COc2c(Cc4cc(O)ccc4-c4cccc(O)c4)cc(OC4CCCC4)cc2[C@H]1O)CCCO3. The number of aromatic hydroxyl groups is 2. The summed E-state index contributed by atoms with van der Waals surface area (Å²) in [6.45, 7) is 1.38. The molecule has 4 aromatic rings. The maximum Gasteiger partial charge on any atom is 0.128 e. The molecule has 0 saturated heterocycles. The summed E-state index contributed by atoms with van der Waals surface area (Å²) in [5, 5.41) is 45.6. The number of benzene rings is 4. The molecular formula is C43H48O9. The summed E-state index contributed by atoms with van der Waals surface area (Å²) >= 11 is 0. The van der Waals surface area contributed by atoms with E-state index in [2.05, 4.69) is 0 Å². The van der Waals surface area contributed by atoms with Crippen LogP contribution in [0.2, 0.25) is 0 Å². The van der Waals surface area contributed by atoms with Crippen LogP contribution in [0.4, 0.5) is 0 Å². The maximum absolute atomic E-state index is 12.4. The highest BCUT2D eigenvalue weighted by Gasteiger charge is 2.48. The van der Waals surface area contributed by atoms with Crippen molar-refractivity contribution in [2.75, 3.05) is 26.9 Å². The number of phenols is 2. The molecule has 0 aromatic heterocycles. The number of hydrogen-bond acceptors (Lipinski definition) is 9. The monoisotopic (exact) mass is 708 g/mol. The molecule has 4 N–H and O–H groups in total. The Morgan fingerprint density at radius 3 is 2.48 bits per heavy atom. The summed E-state index contributed by atoms with van der Waals surface area (Å²) in [4.78, 5) is 0. The third-order valence-electron chi connectivity index (χ3n) is 11.3. The van der Waals surface area contributed by atoms with E-state index in [0.717, 1.165) is 84.1 Å². The quantitative estimate of drug-likeness (QED) is 0.123. The lowest BCUT2D eigenvalue weighted by Gasteiger charge is -2.45. The molecule has 4 aliphatic rings. The Morgan fingerprint density at radius 1 is 0.827 bits per heavy atom. The van der Waals surface area contributed by atoms with E-state index in [1.54, 1.807) is 37.4 Å². The molecule has 9 nitrogen and oxygen atoms in total. The molecule has 52 heavy (non-hydrogen) atoms. The van der Waals surface area contributed by atoms with Crippen LogP contribution in [0.15, 0.2) is 66.7 Å². The zero-order valence-corrected chi connectivity index (χ0v) is 29.6. The molecule has 0 amide bonds. The summed E-state index contributed by atoms with van der Waals surface area (Å²) in [7, 11) is 1.68. The van der Waals surface area contributed by atoms with Gasteiger partial charge in [0.25, 0.3) is 0 Å². The smallest absolute Gasteiger partial charge is 0.128 e. The van der Waals surface area contributed by atoms with Gasteiger partial charge in [-0.25, -0.2) is 0 Å². The summed E-state index contributed by atoms with van der Waals surface area (Å²) in [6, 6.07) is 20.0. The first-order valence-electron chi connectivity index (χ1n) is 18.8. The Kier molecular flexibility index (Phi) is 9.92. The van der Waals surface area contributed by atoms with E-state index in [0.29, 0.717) is 48.9 Å². The van der Waals surface area contributed by atoms with Crippen LogP contribution >= 0.6 is 0 Å². The second-order valence-corrected chi connectivity index (χ2v) is 14.7. The van der Waals surface area contributed by atoms with Gasteiger partial charge in [-0.3, -0.25) is 0 Å². The molecule has 3 heterocycles. The number of fused-ring (bicyclic) bond motifs is 4. The minimum Gasteiger partial charge on any atom is -0.508 e. The van der Waals surface area contributed by atoms with Crippen LogP contribution in [0.5, 0.6) is 34.5 Å². The Balaban J connectivity index is 1.18. The first kappa shape index (κ1) is 34.6. The van der Waals surface area contributed by atoms with Crippen LogP contribution < -0.4 is 18.9 Å². The number of phenolic OH excluding ortho intramolecular Hbond substituents is 2. The van der Waals surface area contributed by atoms with Gasteiger partial charge in [0.2, 0.25) is 0 Å². The Labute approximate surface area is 304 Å². The first-order valence-corrected chi connectivity index (χ1v) is 18.8. The molecule has 1 fully saturated rings. The summed E-state index contributed by atoms with van der Waals surface area (Å²) in [5.74, 6) is 2.04. The van der Waals surface area contributed by atoms with Crippen molar-refractivity contribution in [2.24, 2.45) is 11.8 Å². The van der Waals surface area contributed by atoms with E-state index in [4.69, 9.17) is 23.7 Å². The third-order valence-corrected chi connectivity index (χ3v) is 11.3. The molecule has 0 radical (unpaired) electrons. The predicted octanol–water partition coefficient (Wildman–Crippen LogP) is 7.58. The van der Waals surface area contributed by atoms with Crippen molar-refractivity contribution in [3.05, 3.63) is 94.5 Å². The summed E-state index contributed by atoms with van der Waals surface area (Å²) in [6.07, 6.45) is 5.45. The average Bonchev–Trinajstić information content (AvgIpc) is 3.66. The zero-order chi connectivity index (χ0) is 35.8. The lowest BCUT2D eigenvalue weighted by atomic mass is 9.71. The molecule has 1 aliphatic carbocycles. The van der Waals surface area contributed by atoms with Gasteiger partial charge in [0.1, 0.15) is 40.6 Å². The average molecular weight is 709 g/mol. The van der Waals surface area contributed by atoms with Crippen molar-refractivity contribution in [3.8, 4) is 45.6 Å². The number of hydrogen-bond donors (Lipinski definition) is 4. The lowest BCUT2D eigenvalue weighted by Crippen LogP contribution is -2.46. The lowest BCUT2D eigenvalue weighted by molar-refractivity contribution is -0.0894. The fraction of sp³-hybridized carbons (Fsp3) is 0.442. The molecule has 274 valence electrons. The van der Waals surface area contributed by atoms with Crippen molar-refractivity contribution >= 4 is 0 Å². The second-order valence-electron chi connectivity index (χ2n) is 14.7. The molecule has 8 rings (SSSR count). The minimum atomic E-state index is -0.977. The topological polar surface area (TPSA) is 127 Å². The van der Waals surface area contributed by atoms with Crippen molar-refractivity contribution in [2.45, 2.75) is 82.2 Å². The molecular weight excluding hydrogens is 660 g/mol. The van der Waals surface area contributed by atoms with Gasteiger partial charge in [0, 0.05) is 54.2 Å². The van der Waals surface area contributed by atoms with Gasteiger partial charge in [0.15, 0.2) is 0 Å². The second kappa shape index (κ2) is 14.9. The molecule has 1 saturated carbocycles. The van der Waals surface area contributed by atoms with Crippen molar-refractivity contribution in [1.82, 2.24) is 0 Å². The molecule has 0 spiro atoms. The van der Waals surface area contributed by atoms with Gasteiger partial charge in [0.05, 0.1) is 31.5 Å². The van der Waals surface area contributed by atoms with Crippen LogP contribution in [0, 0.1) is 11.8 Å². The van der Waals surface area contributed by atoms with Gasteiger partial charge < -0.3 is 44.1 Å². The van der Waals surface area contributed by atoms with Crippen molar-refractivity contribution in [1.29, 1.82) is 0 Å². The molecule has 0 unspecified atom stereocenters. The number of methoxy groups -OCH3 is 1. The van der Waals surface area contributed by atoms with Crippen LogP contribution in [0.1, 0.15) is 85.0 Å². The standard InChI is InChI=1S/C43H48O9/c1-48-17-6-12-37-40(42(47)39-33-11-5-18-49-36(33)15-16-38(39)52-37)35-24-50-43-27(22-31(23-34(43)41(35)46)51-30-9-2-3-10-30)19-26-21-29(45)13-14-32(26)25-7-4-8-28(44)20-25/h4,7-8,13-16,20-23,30,35,37,40-42,44-47H,2-3,5-6,9-12,17-19,24H2,1H3/t35-,37-,40+,41+,42-/m0/s1. The van der Waals surface area contributed by atoms with Crippen molar-refractivity contribution in [3.63, 3.8) is 0 Å². The fourth-order valence-electron chi connectivity index (χ4n) is 8.89. The number of ether oxygens (including phenoxy) is 5. The number of rotatable bonds is 10. The Bertz CT molecular complexity index is 1900. The highest BCUT2D eigenvalue weighted by Crippen LogP contribution is 2.53. The fourth-order valence-corrected chi connectivity index (χ4v) is 8.89. The van der Waals surface area contributed by atoms with Crippen LogP contribution in [0.25, 0.3) is 11.1 Å². The molecule has 4 aromatic carbocycles. The van der Waals surface area contributed by atoms with Gasteiger partial charge in [-0.05, 0) is 117 Å². The Morgan fingerprint density at radius 2 is 1.65 bits per heavy atom. The number of aliphatic hydroxyl groups is 2. The van der Waals surface area contributed by atoms with E-state index < -0.39 is 24.0 Å². The largest absolute Gasteiger partial charge is 0.508 e. The van der Waals surface area contributed by atoms with E-state index in [-0.39, 0.29) is 30.3 Å². The minimum absolute atomic E-state index is 0.0932. The highest BCUT2D eigenvalue weighted by atomic mass is 16.5. The Hall–Kier alpha value is -4.44. The molecule has 9 heteroatoms. The van der Waals surface area contributed by atoms with Gasteiger partial charge in [-0.1, -0.05) is 18.2 Å². The zero-order valence-electron chi connectivity index (χ0n) is 29.6. The van der Waals surface area contributed by atoms with Crippen LogP contribution in [0.3, 0.4) is 0 Å². The number of aliphatic hydroxyl groups excluding tert-OH is 2. The summed E-state index contributed by atoms with van der Waals surface area (Å²) < 4.78 is 31.3. The normalized spacial score (nSPS) is 23.8. The first-order chi connectivity index (χ1) is 25.4.